The van der Waals surface area contributed by atoms with Crippen LogP contribution in [0.15, 0.2) is 42.5 Å². The van der Waals surface area contributed by atoms with Gasteiger partial charge in [0.2, 0.25) is 0 Å². The fourth-order valence-corrected chi connectivity index (χ4v) is 2.52. The first-order valence-corrected chi connectivity index (χ1v) is 6.80. The molecule has 0 saturated carbocycles. The first kappa shape index (κ1) is 14.0. The maximum atomic E-state index is 11.5. The summed E-state index contributed by atoms with van der Waals surface area (Å²) >= 11 is 0. The van der Waals surface area contributed by atoms with Gasteiger partial charge in [-0.05, 0) is 43.2 Å². The lowest BCUT2D eigenvalue weighted by Crippen LogP contribution is -2.33. The van der Waals surface area contributed by atoms with Crippen LogP contribution in [0.4, 0.5) is 0 Å². The van der Waals surface area contributed by atoms with Gasteiger partial charge in [0.25, 0.3) is 0 Å². The number of allylic oxidation sites excluding steroid dienone is 1. The van der Waals surface area contributed by atoms with Gasteiger partial charge in [0.1, 0.15) is 6.10 Å². The molecule has 2 rings (SSSR count). The third kappa shape index (κ3) is 3.75. The van der Waals surface area contributed by atoms with Crippen molar-refractivity contribution in [2.45, 2.75) is 43.8 Å². The Balaban J connectivity index is 2.12. The number of carbonyl (C=O) groups excluding carboxylic acids is 1. The van der Waals surface area contributed by atoms with Gasteiger partial charge in [-0.25, -0.2) is 0 Å². The van der Waals surface area contributed by atoms with Crippen molar-refractivity contribution in [1.82, 2.24) is 0 Å². The molecule has 2 N–H and O–H groups in total. The minimum Gasteiger partial charge on any atom is -0.390 e. The molecule has 1 aliphatic carbocycles. The van der Waals surface area contributed by atoms with Gasteiger partial charge in [0, 0.05) is 0 Å². The van der Waals surface area contributed by atoms with E-state index in [4.69, 9.17) is 0 Å². The van der Waals surface area contributed by atoms with E-state index in [0.29, 0.717) is 12.3 Å². The highest BCUT2D eigenvalue weighted by Gasteiger charge is 2.24. The first-order chi connectivity index (χ1) is 9.18. The second kappa shape index (κ2) is 6.64. The molecule has 0 spiro atoms. The Morgan fingerprint density at radius 1 is 1.00 bits per heavy atom. The molecule has 0 heterocycles. The molecule has 0 aliphatic heterocycles. The van der Waals surface area contributed by atoms with E-state index in [9.17, 15) is 15.0 Å². The topological polar surface area (TPSA) is 57.5 Å². The maximum Gasteiger partial charge on any atom is 0.186 e. The van der Waals surface area contributed by atoms with Crippen molar-refractivity contribution in [2.24, 2.45) is 0 Å². The Kier molecular flexibility index (Phi) is 4.88. The number of aliphatic hydroxyl groups is 2. The maximum absolute atomic E-state index is 11.5. The number of hydrogen-bond acceptors (Lipinski definition) is 3. The smallest absolute Gasteiger partial charge is 0.186 e. The molecular formula is C16H20O3. The van der Waals surface area contributed by atoms with E-state index >= 15 is 0 Å². The molecule has 102 valence electrons. The molecule has 0 aromatic heterocycles. The molecule has 3 unspecified atom stereocenters. The van der Waals surface area contributed by atoms with E-state index in [2.05, 4.69) is 12.1 Å². The predicted octanol–water partition coefficient (Wildman–Crippen LogP) is 2.19. The number of hydrogen-bond donors (Lipinski definition) is 2. The molecular weight excluding hydrogens is 240 g/mol. The molecule has 1 aromatic carbocycles. The number of benzene rings is 1. The van der Waals surface area contributed by atoms with Gasteiger partial charge in [-0.1, -0.05) is 36.4 Å². The molecule has 19 heavy (non-hydrogen) atoms. The second-order valence-electron chi connectivity index (χ2n) is 5.08. The number of ketones is 1. The number of rotatable bonds is 1. The lowest BCUT2D eigenvalue weighted by atomic mass is 9.87. The van der Waals surface area contributed by atoms with Crippen molar-refractivity contribution >= 4 is 5.78 Å². The van der Waals surface area contributed by atoms with Crippen molar-refractivity contribution in [3.63, 3.8) is 0 Å². The van der Waals surface area contributed by atoms with Crippen LogP contribution in [-0.4, -0.2) is 28.2 Å². The molecule has 0 amide bonds. The number of aliphatic hydroxyl groups excluding tert-OH is 2. The lowest BCUT2D eigenvalue weighted by molar-refractivity contribution is -0.128. The van der Waals surface area contributed by atoms with E-state index in [-0.39, 0.29) is 0 Å². The quantitative estimate of drug-likeness (QED) is 0.813. The highest BCUT2D eigenvalue weighted by molar-refractivity contribution is 5.93. The molecule has 3 heteroatoms. The SMILES string of the molecule is O=C1C=CCCC(c2ccccc2)CCC(O)C1O. The van der Waals surface area contributed by atoms with Crippen LogP contribution < -0.4 is 0 Å². The number of carbonyl (C=O) groups is 1. The Morgan fingerprint density at radius 3 is 2.47 bits per heavy atom. The lowest BCUT2D eigenvalue weighted by Gasteiger charge is -2.22. The van der Waals surface area contributed by atoms with Gasteiger partial charge in [0.15, 0.2) is 5.78 Å². The summed E-state index contributed by atoms with van der Waals surface area (Å²) in [5.74, 6) is -0.0356. The molecule has 1 aliphatic rings. The Labute approximate surface area is 113 Å². The third-order valence-electron chi connectivity index (χ3n) is 3.70. The van der Waals surface area contributed by atoms with Gasteiger partial charge >= 0.3 is 0 Å². The third-order valence-corrected chi connectivity index (χ3v) is 3.70. The van der Waals surface area contributed by atoms with Crippen LogP contribution in [-0.2, 0) is 4.79 Å². The van der Waals surface area contributed by atoms with E-state index in [1.165, 1.54) is 11.6 Å². The minimum atomic E-state index is -1.29. The summed E-state index contributed by atoms with van der Waals surface area (Å²) in [6.45, 7) is 0. The summed E-state index contributed by atoms with van der Waals surface area (Å²) in [6.07, 6.45) is 3.92. The van der Waals surface area contributed by atoms with Gasteiger partial charge in [-0.15, -0.1) is 0 Å². The Morgan fingerprint density at radius 2 is 1.74 bits per heavy atom. The average Bonchev–Trinajstić information content (AvgIpc) is 2.45. The van der Waals surface area contributed by atoms with Crippen LogP contribution in [0.5, 0.6) is 0 Å². The van der Waals surface area contributed by atoms with Crippen LogP contribution in [0.1, 0.15) is 37.2 Å². The van der Waals surface area contributed by atoms with Gasteiger partial charge in [-0.2, -0.15) is 0 Å². The van der Waals surface area contributed by atoms with Crippen molar-refractivity contribution in [3.05, 3.63) is 48.0 Å². The molecule has 0 saturated heterocycles. The monoisotopic (exact) mass is 260 g/mol. The summed E-state index contributed by atoms with van der Waals surface area (Å²) in [6, 6.07) is 10.2. The van der Waals surface area contributed by atoms with Crippen LogP contribution in [0, 0.1) is 0 Å². The molecule has 3 atom stereocenters. The predicted molar refractivity (Wildman–Crippen MR) is 73.8 cm³/mol. The highest BCUT2D eigenvalue weighted by atomic mass is 16.3. The zero-order valence-electron chi connectivity index (χ0n) is 10.9. The second-order valence-corrected chi connectivity index (χ2v) is 5.08. The molecule has 3 nitrogen and oxygen atoms in total. The van der Waals surface area contributed by atoms with E-state index in [1.54, 1.807) is 6.08 Å². The van der Waals surface area contributed by atoms with Gasteiger partial charge in [-0.3, -0.25) is 4.79 Å². The summed E-state index contributed by atoms with van der Waals surface area (Å²) in [5, 5.41) is 19.5. The summed E-state index contributed by atoms with van der Waals surface area (Å²) < 4.78 is 0. The first-order valence-electron chi connectivity index (χ1n) is 6.80. The van der Waals surface area contributed by atoms with E-state index < -0.39 is 18.0 Å². The molecule has 0 fully saturated rings. The fourth-order valence-electron chi connectivity index (χ4n) is 2.52. The van der Waals surface area contributed by atoms with Crippen molar-refractivity contribution in [2.75, 3.05) is 0 Å². The zero-order chi connectivity index (χ0) is 13.7. The fraction of sp³-hybridized carbons (Fsp3) is 0.438. The van der Waals surface area contributed by atoms with Crippen LogP contribution in [0.25, 0.3) is 0 Å². The van der Waals surface area contributed by atoms with Gasteiger partial charge < -0.3 is 10.2 Å². The average molecular weight is 260 g/mol. The van der Waals surface area contributed by atoms with Crippen LogP contribution >= 0.6 is 0 Å². The van der Waals surface area contributed by atoms with E-state index in [0.717, 1.165) is 19.3 Å². The minimum absolute atomic E-state index is 0.362. The Bertz CT molecular complexity index is 439. The molecule has 0 bridgehead atoms. The van der Waals surface area contributed by atoms with Crippen molar-refractivity contribution < 1.29 is 15.0 Å². The Hall–Kier alpha value is -1.45. The van der Waals surface area contributed by atoms with Crippen LogP contribution in [0.2, 0.25) is 0 Å². The van der Waals surface area contributed by atoms with E-state index in [1.807, 2.05) is 18.2 Å². The van der Waals surface area contributed by atoms with Gasteiger partial charge in [0.05, 0.1) is 6.10 Å². The summed E-state index contributed by atoms with van der Waals surface area (Å²) in [5.41, 5.74) is 1.25. The summed E-state index contributed by atoms with van der Waals surface area (Å²) in [7, 11) is 0. The zero-order valence-corrected chi connectivity index (χ0v) is 10.9. The van der Waals surface area contributed by atoms with Crippen LogP contribution in [0.3, 0.4) is 0 Å². The normalized spacial score (nSPS) is 29.2. The molecule has 1 aromatic rings. The molecule has 0 radical (unpaired) electrons. The van der Waals surface area contributed by atoms with Crippen molar-refractivity contribution in [1.29, 1.82) is 0 Å². The largest absolute Gasteiger partial charge is 0.390 e. The van der Waals surface area contributed by atoms with Crippen molar-refractivity contribution in [3.8, 4) is 0 Å². The standard InChI is InChI=1S/C16H20O3/c17-14-9-5-4-8-13(10-11-15(18)16(14)19)12-6-2-1-3-7-12/h1-3,5-7,9,13,15-16,18-19H,4,8,10-11H2. The highest BCUT2D eigenvalue weighted by Crippen LogP contribution is 2.28. The summed E-state index contributed by atoms with van der Waals surface area (Å²) in [4.78, 5) is 11.5.